The normalized spacial score (nSPS) is 21.5. The average Bonchev–Trinajstić information content (AvgIpc) is 3.10. The molecule has 1 atom stereocenters. The van der Waals surface area contributed by atoms with E-state index in [0.29, 0.717) is 30.4 Å². The zero-order valence-electron chi connectivity index (χ0n) is 14.1. The first kappa shape index (κ1) is 16.9. The molecular weight excluding hydrogens is 306 g/mol. The highest BCUT2D eigenvalue weighted by Gasteiger charge is 2.22. The van der Waals surface area contributed by atoms with Crippen molar-refractivity contribution in [3.8, 4) is 0 Å². The van der Waals surface area contributed by atoms with E-state index in [-0.39, 0.29) is 11.8 Å². The molecule has 1 aliphatic carbocycles. The van der Waals surface area contributed by atoms with Gasteiger partial charge in [0.25, 0.3) is 11.8 Å². The van der Waals surface area contributed by atoms with Crippen molar-refractivity contribution in [3.63, 3.8) is 0 Å². The van der Waals surface area contributed by atoms with Gasteiger partial charge < -0.3 is 20.7 Å². The highest BCUT2D eigenvalue weighted by Crippen LogP contribution is 2.20. The molecule has 3 N–H and O–H groups in total. The highest BCUT2D eigenvalue weighted by molar-refractivity contribution is 5.98. The molecule has 0 aromatic heterocycles. The minimum atomic E-state index is -0.469. The number of aryl methyl sites for hydroxylation is 1. The molecule has 2 fully saturated rings. The minimum Gasteiger partial charge on any atom is -0.366 e. The van der Waals surface area contributed by atoms with Crippen LogP contribution in [0.15, 0.2) is 18.2 Å². The molecule has 1 aromatic rings. The molecule has 1 saturated heterocycles. The Bertz CT molecular complexity index is 606. The molecule has 0 spiro atoms. The molecule has 0 bridgehead atoms. The fourth-order valence-corrected chi connectivity index (χ4v) is 3.23. The molecule has 1 heterocycles. The molecule has 2 aliphatic rings. The second kappa shape index (κ2) is 7.77. The van der Waals surface area contributed by atoms with Crippen molar-refractivity contribution < 1.29 is 14.3 Å². The number of hydrogen-bond donors (Lipinski definition) is 3. The molecule has 0 radical (unpaired) electrons. The number of anilines is 1. The van der Waals surface area contributed by atoms with Crippen LogP contribution in [0.1, 0.15) is 41.6 Å². The zero-order chi connectivity index (χ0) is 16.9. The van der Waals surface area contributed by atoms with Gasteiger partial charge >= 0.3 is 0 Å². The maximum absolute atomic E-state index is 12.3. The summed E-state index contributed by atoms with van der Waals surface area (Å²) >= 11 is 0. The van der Waals surface area contributed by atoms with Crippen LogP contribution in [-0.2, 0) is 9.53 Å². The molecule has 1 aromatic carbocycles. The number of nitrogens with one attached hydrogen (secondary N) is 3. The SMILES string of the molecule is Cc1cc(C(=O)NC2CCCC2)ccc1NC(=O)C1CNCCO1. The molecular formula is C18H25N3O3. The lowest BCUT2D eigenvalue weighted by molar-refractivity contribution is -0.128. The van der Waals surface area contributed by atoms with Gasteiger partial charge in [-0.05, 0) is 43.5 Å². The Kier molecular flexibility index (Phi) is 5.48. The first-order chi connectivity index (χ1) is 11.6. The fraction of sp³-hybridized carbons (Fsp3) is 0.556. The van der Waals surface area contributed by atoms with E-state index in [1.54, 1.807) is 12.1 Å². The average molecular weight is 331 g/mol. The number of morpholine rings is 1. The molecule has 1 aliphatic heterocycles. The third-order valence-corrected chi connectivity index (χ3v) is 4.66. The van der Waals surface area contributed by atoms with Crippen LogP contribution in [0.25, 0.3) is 0 Å². The van der Waals surface area contributed by atoms with Crippen molar-refractivity contribution in [1.29, 1.82) is 0 Å². The van der Waals surface area contributed by atoms with Gasteiger partial charge in [0.15, 0.2) is 0 Å². The van der Waals surface area contributed by atoms with E-state index in [1.165, 1.54) is 12.8 Å². The summed E-state index contributed by atoms with van der Waals surface area (Å²) < 4.78 is 5.45. The molecule has 24 heavy (non-hydrogen) atoms. The van der Waals surface area contributed by atoms with Gasteiger partial charge in [-0.25, -0.2) is 0 Å². The summed E-state index contributed by atoms with van der Waals surface area (Å²) in [4.78, 5) is 24.5. The molecule has 130 valence electrons. The van der Waals surface area contributed by atoms with Gasteiger partial charge in [0.05, 0.1) is 6.61 Å². The monoisotopic (exact) mass is 331 g/mol. The number of hydrogen-bond acceptors (Lipinski definition) is 4. The van der Waals surface area contributed by atoms with Gasteiger partial charge in [0.2, 0.25) is 0 Å². The molecule has 1 unspecified atom stereocenters. The standard InChI is InChI=1S/C18H25N3O3/c1-12-10-13(17(22)20-14-4-2-3-5-14)6-7-15(12)21-18(23)16-11-19-8-9-24-16/h6-7,10,14,16,19H,2-5,8-9,11H2,1H3,(H,20,22)(H,21,23). The number of ether oxygens (including phenoxy) is 1. The van der Waals surface area contributed by atoms with Gasteiger partial charge in [-0.15, -0.1) is 0 Å². The van der Waals surface area contributed by atoms with Gasteiger partial charge in [0, 0.05) is 30.4 Å². The van der Waals surface area contributed by atoms with Crippen molar-refractivity contribution in [3.05, 3.63) is 29.3 Å². The number of rotatable bonds is 4. The summed E-state index contributed by atoms with van der Waals surface area (Å²) in [5, 5.41) is 9.10. The largest absolute Gasteiger partial charge is 0.366 e. The second-order valence-corrected chi connectivity index (χ2v) is 6.54. The minimum absolute atomic E-state index is 0.0392. The third kappa shape index (κ3) is 4.13. The van der Waals surface area contributed by atoms with E-state index >= 15 is 0 Å². The predicted octanol–water partition coefficient (Wildman–Crippen LogP) is 1.59. The Balaban J connectivity index is 1.61. The topological polar surface area (TPSA) is 79.5 Å². The molecule has 1 saturated carbocycles. The van der Waals surface area contributed by atoms with Crippen LogP contribution < -0.4 is 16.0 Å². The van der Waals surface area contributed by atoms with E-state index in [0.717, 1.165) is 24.9 Å². The lowest BCUT2D eigenvalue weighted by atomic mass is 10.1. The zero-order valence-corrected chi connectivity index (χ0v) is 14.1. The van der Waals surface area contributed by atoms with Crippen LogP contribution in [0.2, 0.25) is 0 Å². The number of carbonyl (C=O) groups is 2. The maximum Gasteiger partial charge on any atom is 0.254 e. The summed E-state index contributed by atoms with van der Waals surface area (Å²) in [6.07, 6.45) is 4.03. The van der Waals surface area contributed by atoms with Crippen molar-refractivity contribution >= 4 is 17.5 Å². The Morgan fingerprint density at radius 1 is 1.25 bits per heavy atom. The summed E-state index contributed by atoms with van der Waals surface area (Å²) in [5.74, 6) is -0.198. The van der Waals surface area contributed by atoms with Crippen LogP contribution in [0.4, 0.5) is 5.69 Å². The van der Waals surface area contributed by atoms with Crippen molar-refractivity contribution in [2.75, 3.05) is 25.0 Å². The van der Waals surface area contributed by atoms with E-state index in [9.17, 15) is 9.59 Å². The lowest BCUT2D eigenvalue weighted by Gasteiger charge is -2.23. The van der Waals surface area contributed by atoms with Gasteiger partial charge in [-0.3, -0.25) is 9.59 Å². The van der Waals surface area contributed by atoms with Crippen molar-refractivity contribution in [2.45, 2.75) is 44.8 Å². The second-order valence-electron chi connectivity index (χ2n) is 6.54. The molecule has 6 nitrogen and oxygen atoms in total. The van der Waals surface area contributed by atoms with Crippen LogP contribution in [0.5, 0.6) is 0 Å². The summed E-state index contributed by atoms with van der Waals surface area (Å²) in [6, 6.07) is 5.66. The quantitative estimate of drug-likeness (QED) is 0.783. The van der Waals surface area contributed by atoms with Crippen LogP contribution >= 0.6 is 0 Å². The van der Waals surface area contributed by atoms with Gasteiger partial charge in [0.1, 0.15) is 6.10 Å². The Hall–Kier alpha value is -1.92. The number of amides is 2. The van der Waals surface area contributed by atoms with Crippen LogP contribution in [0, 0.1) is 6.92 Å². The van der Waals surface area contributed by atoms with E-state index in [1.807, 2.05) is 13.0 Å². The smallest absolute Gasteiger partial charge is 0.254 e. The first-order valence-electron chi connectivity index (χ1n) is 8.68. The molecule has 2 amide bonds. The molecule has 6 heteroatoms. The molecule has 3 rings (SSSR count). The lowest BCUT2D eigenvalue weighted by Crippen LogP contribution is -2.45. The van der Waals surface area contributed by atoms with E-state index < -0.39 is 6.10 Å². The van der Waals surface area contributed by atoms with Crippen LogP contribution in [-0.4, -0.2) is 43.7 Å². The first-order valence-corrected chi connectivity index (χ1v) is 8.68. The fourth-order valence-electron chi connectivity index (χ4n) is 3.23. The summed E-state index contributed by atoms with van der Waals surface area (Å²) in [7, 11) is 0. The van der Waals surface area contributed by atoms with Gasteiger partial charge in [-0.2, -0.15) is 0 Å². The van der Waals surface area contributed by atoms with Crippen LogP contribution in [0.3, 0.4) is 0 Å². The Labute approximate surface area is 142 Å². The van der Waals surface area contributed by atoms with E-state index in [4.69, 9.17) is 4.74 Å². The summed E-state index contributed by atoms with van der Waals surface area (Å²) in [5.41, 5.74) is 2.21. The Morgan fingerprint density at radius 3 is 2.71 bits per heavy atom. The number of carbonyl (C=O) groups excluding carboxylic acids is 2. The number of benzene rings is 1. The van der Waals surface area contributed by atoms with Gasteiger partial charge in [-0.1, -0.05) is 12.8 Å². The Morgan fingerprint density at radius 2 is 2.04 bits per heavy atom. The highest BCUT2D eigenvalue weighted by atomic mass is 16.5. The van der Waals surface area contributed by atoms with Crippen molar-refractivity contribution in [1.82, 2.24) is 10.6 Å². The summed E-state index contributed by atoms with van der Waals surface area (Å²) in [6.45, 7) is 3.72. The maximum atomic E-state index is 12.3. The third-order valence-electron chi connectivity index (χ3n) is 4.66. The predicted molar refractivity (Wildman–Crippen MR) is 92.1 cm³/mol. The van der Waals surface area contributed by atoms with Crippen molar-refractivity contribution in [2.24, 2.45) is 0 Å². The van der Waals surface area contributed by atoms with E-state index in [2.05, 4.69) is 16.0 Å².